The summed E-state index contributed by atoms with van der Waals surface area (Å²) in [5, 5.41) is 3.69. The van der Waals surface area contributed by atoms with E-state index in [2.05, 4.69) is 30.4 Å². The van der Waals surface area contributed by atoms with Gasteiger partial charge in [0.2, 0.25) is 0 Å². The van der Waals surface area contributed by atoms with Gasteiger partial charge in [0, 0.05) is 6.04 Å². The maximum Gasteiger partial charge on any atom is 0.122 e. The fourth-order valence-electron chi connectivity index (χ4n) is 2.82. The molecule has 0 radical (unpaired) electrons. The largest absolute Gasteiger partial charge is 0.496 e. The number of aryl methyl sites for hydroxylation is 1. The maximum atomic E-state index is 5.42. The van der Waals surface area contributed by atoms with E-state index in [-0.39, 0.29) is 0 Å². The van der Waals surface area contributed by atoms with Gasteiger partial charge in [0.1, 0.15) is 5.75 Å². The van der Waals surface area contributed by atoms with Crippen molar-refractivity contribution >= 4 is 0 Å². The topological polar surface area (TPSA) is 21.3 Å². The zero-order valence-electron chi connectivity index (χ0n) is 11.7. The smallest absolute Gasteiger partial charge is 0.122 e. The van der Waals surface area contributed by atoms with E-state index in [0.29, 0.717) is 0 Å². The number of methoxy groups -OCH3 is 1. The molecule has 0 aromatic heterocycles. The molecule has 0 amide bonds. The van der Waals surface area contributed by atoms with Crippen LogP contribution in [0.1, 0.15) is 43.2 Å². The van der Waals surface area contributed by atoms with Crippen molar-refractivity contribution in [1.82, 2.24) is 5.32 Å². The molecule has 1 aliphatic carbocycles. The Morgan fingerprint density at radius 2 is 2.00 bits per heavy atom. The summed E-state index contributed by atoms with van der Waals surface area (Å²) in [5.74, 6) is 1.02. The van der Waals surface area contributed by atoms with E-state index in [1.165, 1.54) is 43.2 Å². The van der Waals surface area contributed by atoms with Gasteiger partial charge in [-0.1, -0.05) is 37.0 Å². The van der Waals surface area contributed by atoms with Gasteiger partial charge in [-0.2, -0.15) is 0 Å². The molecule has 1 aliphatic rings. The molecule has 0 atom stereocenters. The molecule has 0 bridgehead atoms. The lowest BCUT2D eigenvalue weighted by Gasteiger charge is -2.23. The second-order valence-electron chi connectivity index (χ2n) is 5.35. The Balaban J connectivity index is 1.83. The highest BCUT2D eigenvalue weighted by Gasteiger charge is 2.12. The first-order chi connectivity index (χ1) is 8.79. The quantitative estimate of drug-likeness (QED) is 0.860. The number of hydrogen-bond donors (Lipinski definition) is 1. The van der Waals surface area contributed by atoms with Gasteiger partial charge in [-0.25, -0.2) is 0 Å². The molecule has 1 aromatic rings. The first kappa shape index (κ1) is 13.4. The summed E-state index contributed by atoms with van der Waals surface area (Å²) >= 11 is 0. The Hall–Kier alpha value is -1.02. The summed E-state index contributed by atoms with van der Waals surface area (Å²) in [7, 11) is 1.75. The van der Waals surface area contributed by atoms with Gasteiger partial charge in [0.25, 0.3) is 0 Å². The third-order valence-electron chi connectivity index (χ3n) is 3.87. The van der Waals surface area contributed by atoms with Crippen LogP contribution in [0.15, 0.2) is 18.2 Å². The maximum absolute atomic E-state index is 5.42. The van der Waals surface area contributed by atoms with Crippen molar-refractivity contribution in [1.29, 1.82) is 0 Å². The number of hydrogen-bond acceptors (Lipinski definition) is 2. The van der Waals surface area contributed by atoms with Crippen molar-refractivity contribution in [2.45, 2.75) is 51.5 Å². The van der Waals surface area contributed by atoms with Gasteiger partial charge >= 0.3 is 0 Å². The average Bonchev–Trinajstić information content (AvgIpc) is 2.40. The number of ether oxygens (including phenoxy) is 1. The number of benzene rings is 1. The highest BCUT2D eigenvalue weighted by Crippen LogP contribution is 2.21. The third kappa shape index (κ3) is 3.74. The minimum absolute atomic E-state index is 0.745. The molecular formula is C16H25NO. The van der Waals surface area contributed by atoms with Crippen LogP contribution in [-0.2, 0) is 6.42 Å². The fourth-order valence-corrected chi connectivity index (χ4v) is 2.82. The Morgan fingerprint density at radius 3 is 2.72 bits per heavy atom. The molecule has 2 rings (SSSR count). The monoisotopic (exact) mass is 247 g/mol. The standard InChI is InChI=1S/C16H25NO/c1-13-8-9-16(18-2)14(12-13)10-11-17-15-6-4-3-5-7-15/h8-9,12,15,17H,3-7,10-11H2,1-2H3. The zero-order valence-corrected chi connectivity index (χ0v) is 11.7. The molecule has 0 saturated heterocycles. The zero-order chi connectivity index (χ0) is 12.8. The van der Waals surface area contributed by atoms with Crippen LogP contribution in [0.5, 0.6) is 5.75 Å². The van der Waals surface area contributed by atoms with E-state index in [0.717, 1.165) is 24.8 Å². The first-order valence-electron chi connectivity index (χ1n) is 7.16. The summed E-state index contributed by atoms with van der Waals surface area (Å²) < 4.78 is 5.42. The van der Waals surface area contributed by atoms with Gasteiger partial charge in [-0.15, -0.1) is 0 Å². The van der Waals surface area contributed by atoms with E-state index in [1.54, 1.807) is 7.11 Å². The van der Waals surface area contributed by atoms with Crippen molar-refractivity contribution in [3.63, 3.8) is 0 Å². The van der Waals surface area contributed by atoms with E-state index in [1.807, 2.05) is 0 Å². The Labute approximate surface area is 111 Å². The lowest BCUT2D eigenvalue weighted by Crippen LogP contribution is -2.32. The minimum atomic E-state index is 0.745. The van der Waals surface area contributed by atoms with Crippen LogP contribution in [0, 0.1) is 6.92 Å². The third-order valence-corrected chi connectivity index (χ3v) is 3.87. The predicted molar refractivity (Wildman–Crippen MR) is 76.3 cm³/mol. The van der Waals surface area contributed by atoms with E-state index in [9.17, 15) is 0 Å². The van der Waals surface area contributed by atoms with Gasteiger partial charge in [-0.05, 0) is 44.4 Å². The minimum Gasteiger partial charge on any atom is -0.496 e. The van der Waals surface area contributed by atoms with Crippen molar-refractivity contribution in [3.8, 4) is 5.75 Å². The molecule has 0 unspecified atom stereocenters. The molecule has 2 nitrogen and oxygen atoms in total. The van der Waals surface area contributed by atoms with E-state index < -0.39 is 0 Å². The Bertz CT molecular complexity index is 369. The summed E-state index contributed by atoms with van der Waals surface area (Å²) in [6.07, 6.45) is 7.97. The van der Waals surface area contributed by atoms with Crippen LogP contribution in [0.4, 0.5) is 0 Å². The van der Waals surface area contributed by atoms with Gasteiger partial charge in [0.15, 0.2) is 0 Å². The van der Waals surface area contributed by atoms with Crippen LogP contribution in [0.2, 0.25) is 0 Å². The SMILES string of the molecule is COc1ccc(C)cc1CCNC1CCCCC1. The second-order valence-corrected chi connectivity index (χ2v) is 5.35. The molecule has 100 valence electrons. The molecule has 1 N–H and O–H groups in total. The normalized spacial score (nSPS) is 16.8. The average molecular weight is 247 g/mol. The van der Waals surface area contributed by atoms with Crippen LogP contribution in [0.25, 0.3) is 0 Å². The van der Waals surface area contributed by atoms with Crippen LogP contribution < -0.4 is 10.1 Å². The molecule has 1 aromatic carbocycles. The van der Waals surface area contributed by atoms with Gasteiger partial charge < -0.3 is 10.1 Å². The lowest BCUT2D eigenvalue weighted by molar-refractivity contribution is 0.373. The highest BCUT2D eigenvalue weighted by molar-refractivity contribution is 5.37. The van der Waals surface area contributed by atoms with Gasteiger partial charge in [-0.3, -0.25) is 0 Å². The second kappa shape index (κ2) is 6.79. The van der Waals surface area contributed by atoms with Crippen molar-refractivity contribution < 1.29 is 4.74 Å². The molecule has 1 saturated carbocycles. The van der Waals surface area contributed by atoms with E-state index in [4.69, 9.17) is 4.74 Å². The summed E-state index contributed by atoms with van der Waals surface area (Å²) in [6.45, 7) is 3.20. The Morgan fingerprint density at radius 1 is 1.22 bits per heavy atom. The molecule has 0 spiro atoms. The molecule has 1 fully saturated rings. The van der Waals surface area contributed by atoms with Gasteiger partial charge in [0.05, 0.1) is 7.11 Å². The predicted octanol–water partition coefficient (Wildman–Crippen LogP) is 3.47. The van der Waals surface area contributed by atoms with Crippen LogP contribution in [0.3, 0.4) is 0 Å². The number of rotatable bonds is 5. The summed E-state index contributed by atoms with van der Waals surface area (Å²) in [6, 6.07) is 7.17. The molecule has 0 heterocycles. The van der Waals surface area contributed by atoms with Crippen LogP contribution >= 0.6 is 0 Å². The number of nitrogens with one attached hydrogen (secondary N) is 1. The summed E-state index contributed by atoms with van der Waals surface area (Å²) in [5.41, 5.74) is 2.63. The molecular weight excluding hydrogens is 222 g/mol. The molecule has 2 heteroatoms. The molecule has 18 heavy (non-hydrogen) atoms. The molecule has 0 aliphatic heterocycles. The summed E-state index contributed by atoms with van der Waals surface area (Å²) in [4.78, 5) is 0. The Kier molecular flexibility index (Phi) is 5.06. The lowest BCUT2D eigenvalue weighted by atomic mass is 9.95. The van der Waals surface area contributed by atoms with Crippen molar-refractivity contribution in [2.24, 2.45) is 0 Å². The van der Waals surface area contributed by atoms with Crippen molar-refractivity contribution in [2.75, 3.05) is 13.7 Å². The first-order valence-corrected chi connectivity index (χ1v) is 7.16. The van der Waals surface area contributed by atoms with Crippen molar-refractivity contribution in [3.05, 3.63) is 29.3 Å². The van der Waals surface area contributed by atoms with Crippen LogP contribution in [-0.4, -0.2) is 19.7 Å². The fraction of sp³-hybridized carbons (Fsp3) is 0.625. The highest BCUT2D eigenvalue weighted by atomic mass is 16.5. The van der Waals surface area contributed by atoms with E-state index >= 15 is 0 Å².